The first kappa shape index (κ1) is 17.7. The normalized spacial score (nSPS) is 11.1. The molecule has 0 fully saturated rings. The summed E-state index contributed by atoms with van der Waals surface area (Å²) in [7, 11) is 4.65. The van der Waals surface area contributed by atoms with Crippen molar-refractivity contribution in [1.29, 1.82) is 0 Å². The van der Waals surface area contributed by atoms with Gasteiger partial charge < -0.3 is 18.6 Å². The van der Waals surface area contributed by atoms with Crippen LogP contribution >= 0.6 is 12.2 Å². The van der Waals surface area contributed by atoms with Gasteiger partial charge in [0.25, 0.3) is 0 Å². The van der Waals surface area contributed by atoms with Gasteiger partial charge in [-0.3, -0.25) is 0 Å². The third-order valence-corrected chi connectivity index (χ3v) is 3.90. The molecule has 0 aliphatic rings. The maximum absolute atomic E-state index is 5.49. The molecule has 0 bridgehead atoms. The second-order valence-electron chi connectivity index (χ2n) is 5.27. The van der Waals surface area contributed by atoms with Gasteiger partial charge in [0.05, 0.1) is 27.5 Å². The molecule has 0 unspecified atom stereocenters. The number of H-pyrrole nitrogens is 1. The van der Waals surface area contributed by atoms with Crippen LogP contribution in [0.5, 0.6) is 17.2 Å². The van der Waals surface area contributed by atoms with E-state index in [1.165, 1.54) is 4.68 Å². The Labute approximate surface area is 155 Å². The molecule has 3 aromatic rings. The van der Waals surface area contributed by atoms with Crippen LogP contribution in [-0.2, 0) is 0 Å². The molecule has 0 saturated heterocycles. The summed E-state index contributed by atoms with van der Waals surface area (Å²) in [6.45, 7) is 1.86. The summed E-state index contributed by atoms with van der Waals surface area (Å²) < 4.78 is 23.4. The number of ether oxygens (including phenoxy) is 3. The van der Waals surface area contributed by atoms with Crippen molar-refractivity contribution < 1.29 is 18.6 Å². The zero-order valence-corrected chi connectivity index (χ0v) is 15.6. The van der Waals surface area contributed by atoms with Crippen LogP contribution < -0.4 is 14.2 Å². The van der Waals surface area contributed by atoms with E-state index in [4.69, 9.17) is 30.8 Å². The first-order valence-corrected chi connectivity index (χ1v) is 8.06. The average molecular weight is 374 g/mol. The Kier molecular flexibility index (Phi) is 5.08. The molecule has 0 aliphatic heterocycles. The van der Waals surface area contributed by atoms with Crippen molar-refractivity contribution >= 4 is 18.4 Å². The first-order valence-electron chi connectivity index (χ1n) is 7.66. The van der Waals surface area contributed by atoms with Gasteiger partial charge in [0, 0.05) is 5.56 Å². The highest BCUT2D eigenvalue weighted by Gasteiger charge is 2.17. The lowest BCUT2D eigenvalue weighted by atomic mass is 10.1. The monoisotopic (exact) mass is 374 g/mol. The molecule has 0 aliphatic carbocycles. The summed E-state index contributed by atoms with van der Waals surface area (Å²) in [5, 5.41) is 11.4. The minimum atomic E-state index is 0.341. The lowest BCUT2D eigenvalue weighted by molar-refractivity contribution is 0.324. The van der Waals surface area contributed by atoms with Gasteiger partial charge in [0.1, 0.15) is 11.5 Å². The minimum Gasteiger partial charge on any atom is -0.493 e. The molecule has 1 N–H and O–H groups in total. The Morgan fingerprint density at radius 3 is 2.38 bits per heavy atom. The van der Waals surface area contributed by atoms with E-state index in [0.29, 0.717) is 39.2 Å². The number of hydrogen-bond donors (Lipinski definition) is 1. The molecule has 8 nitrogen and oxygen atoms in total. The van der Waals surface area contributed by atoms with Crippen LogP contribution in [0.4, 0.5) is 0 Å². The minimum absolute atomic E-state index is 0.341. The van der Waals surface area contributed by atoms with Crippen LogP contribution in [0, 0.1) is 11.7 Å². The fourth-order valence-corrected chi connectivity index (χ4v) is 2.61. The second kappa shape index (κ2) is 7.44. The predicted octanol–water partition coefficient (Wildman–Crippen LogP) is 3.42. The van der Waals surface area contributed by atoms with Crippen molar-refractivity contribution in [1.82, 2.24) is 14.9 Å². The van der Waals surface area contributed by atoms with Gasteiger partial charge in [-0.25, -0.2) is 5.10 Å². The van der Waals surface area contributed by atoms with Crippen LogP contribution in [0.2, 0.25) is 0 Å². The van der Waals surface area contributed by atoms with Crippen molar-refractivity contribution in [2.75, 3.05) is 21.3 Å². The van der Waals surface area contributed by atoms with Crippen LogP contribution in [-0.4, -0.2) is 42.4 Å². The summed E-state index contributed by atoms with van der Waals surface area (Å²) >= 11 is 5.28. The van der Waals surface area contributed by atoms with Crippen molar-refractivity contribution in [3.8, 4) is 28.6 Å². The number of aromatic amines is 1. The number of methoxy groups -OCH3 is 3. The van der Waals surface area contributed by atoms with Gasteiger partial charge in [-0.2, -0.15) is 14.9 Å². The summed E-state index contributed by atoms with van der Waals surface area (Å²) in [5.74, 6) is 3.41. The van der Waals surface area contributed by atoms with E-state index in [1.54, 1.807) is 39.7 Å². The highest BCUT2D eigenvalue weighted by molar-refractivity contribution is 7.71. The Hall–Kier alpha value is -3.07. The molecule has 2 aromatic heterocycles. The lowest BCUT2D eigenvalue weighted by Gasteiger charge is -2.13. The highest BCUT2D eigenvalue weighted by Crippen LogP contribution is 2.40. The van der Waals surface area contributed by atoms with Gasteiger partial charge >= 0.3 is 0 Å². The second-order valence-corrected chi connectivity index (χ2v) is 5.66. The molecular formula is C17H18N4O4S. The number of aromatic nitrogens is 3. The topological polar surface area (TPSA) is 86.8 Å². The molecule has 0 amide bonds. The molecule has 1 aromatic carbocycles. The number of hydrogen-bond acceptors (Lipinski definition) is 7. The molecule has 2 heterocycles. The smallest absolute Gasteiger partial charge is 0.216 e. The van der Waals surface area contributed by atoms with E-state index in [9.17, 15) is 0 Å². The molecule has 0 spiro atoms. The summed E-state index contributed by atoms with van der Waals surface area (Å²) in [6, 6.07) is 7.22. The fraction of sp³-hybridized carbons (Fsp3) is 0.235. The lowest BCUT2D eigenvalue weighted by Crippen LogP contribution is -1.98. The van der Waals surface area contributed by atoms with Crippen LogP contribution in [0.3, 0.4) is 0 Å². The van der Waals surface area contributed by atoms with E-state index in [0.717, 1.165) is 5.76 Å². The molecule has 0 saturated carbocycles. The Morgan fingerprint density at radius 2 is 1.85 bits per heavy atom. The standard InChI is InChI=1S/C17H18N4O4S/c1-10-5-6-12(25-10)9-18-21-16(19-20-17(21)26)11-7-13(22-2)15(24-4)14(8-11)23-3/h5-9H,1-4H3,(H,20,26)/b18-9+. The number of rotatable bonds is 6. The maximum Gasteiger partial charge on any atom is 0.216 e. The molecule has 0 atom stereocenters. The molecule has 0 radical (unpaired) electrons. The van der Waals surface area contributed by atoms with Crippen LogP contribution in [0.1, 0.15) is 11.5 Å². The summed E-state index contributed by atoms with van der Waals surface area (Å²) in [4.78, 5) is 0. The number of benzene rings is 1. The highest BCUT2D eigenvalue weighted by atomic mass is 32.1. The van der Waals surface area contributed by atoms with E-state index in [2.05, 4.69) is 15.3 Å². The Balaban J connectivity index is 2.08. The van der Waals surface area contributed by atoms with E-state index in [-0.39, 0.29) is 0 Å². The number of furan rings is 1. The van der Waals surface area contributed by atoms with E-state index >= 15 is 0 Å². The summed E-state index contributed by atoms with van der Waals surface area (Å²) in [6.07, 6.45) is 1.57. The maximum atomic E-state index is 5.49. The average Bonchev–Trinajstić information content (AvgIpc) is 3.23. The van der Waals surface area contributed by atoms with Gasteiger partial charge in [0.2, 0.25) is 10.5 Å². The van der Waals surface area contributed by atoms with Crippen molar-refractivity contribution in [3.05, 3.63) is 40.6 Å². The zero-order chi connectivity index (χ0) is 18.7. The Morgan fingerprint density at radius 1 is 1.15 bits per heavy atom. The summed E-state index contributed by atoms with van der Waals surface area (Å²) in [5.41, 5.74) is 0.694. The van der Waals surface area contributed by atoms with Gasteiger partial charge in [-0.1, -0.05) is 0 Å². The Bertz CT molecular complexity index is 977. The molecular weight excluding hydrogens is 356 g/mol. The zero-order valence-electron chi connectivity index (χ0n) is 14.8. The van der Waals surface area contributed by atoms with Crippen LogP contribution in [0.15, 0.2) is 33.8 Å². The molecule has 136 valence electrons. The molecule has 26 heavy (non-hydrogen) atoms. The first-order chi connectivity index (χ1) is 12.6. The van der Waals surface area contributed by atoms with Gasteiger partial charge in [-0.05, 0) is 43.4 Å². The van der Waals surface area contributed by atoms with Crippen molar-refractivity contribution in [2.24, 2.45) is 5.10 Å². The van der Waals surface area contributed by atoms with Crippen molar-refractivity contribution in [2.45, 2.75) is 6.92 Å². The SMILES string of the molecule is COc1cc(-c2n[nH]c(=S)n2/N=C/c2ccc(C)o2)cc(OC)c1OC. The molecule has 3 rings (SSSR count). The number of aryl methyl sites for hydroxylation is 1. The quantitative estimate of drug-likeness (QED) is 0.525. The fourth-order valence-electron chi connectivity index (χ4n) is 2.43. The predicted molar refractivity (Wildman–Crippen MR) is 98.9 cm³/mol. The van der Waals surface area contributed by atoms with Gasteiger partial charge in [0.15, 0.2) is 17.3 Å². The van der Waals surface area contributed by atoms with Gasteiger partial charge in [-0.15, -0.1) is 0 Å². The van der Waals surface area contributed by atoms with E-state index in [1.807, 2.05) is 19.1 Å². The largest absolute Gasteiger partial charge is 0.493 e. The molecule has 9 heteroatoms. The third kappa shape index (κ3) is 3.33. The third-order valence-electron chi connectivity index (χ3n) is 3.63. The van der Waals surface area contributed by atoms with Crippen molar-refractivity contribution in [3.63, 3.8) is 0 Å². The van der Waals surface area contributed by atoms with E-state index < -0.39 is 0 Å². The van der Waals surface area contributed by atoms with Crippen LogP contribution in [0.25, 0.3) is 11.4 Å². The number of nitrogens with one attached hydrogen (secondary N) is 1. The number of nitrogens with zero attached hydrogens (tertiary/aromatic N) is 3.